The van der Waals surface area contributed by atoms with E-state index >= 15 is 0 Å². The lowest BCUT2D eigenvalue weighted by Crippen LogP contribution is -2.26. The Balaban J connectivity index is 2.74. The van der Waals surface area contributed by atoms with Crippen molar-refractivity contribution in [3.8, 4) is 5.88 Å². The number of ether oxygens (including phenoxy) is 1. The number of rotatable bonds is 5. The van der Waals surface area contributed by atoms with Crippen molar-refractivity contribution in [3.05, 3.63) is 34.0 Å². The van der Waals surface area contributed by atoms with E-state index in [1.54, 1.807) is 12.1 Å². The molecule has 1 N–H and O–H groups in total. The quantitative estimate of drug-likeness (QED) is 0.559. The lowest BCUT2D eigenvalue weighted by Gasteiger charge is -2.06. The predicted octanol–water partition coefficient (Wildman–Crippen LogP) is 0.270. The fourth-order valence-corrected chi connectivity index (χ4v) is 1.17. The SMILES string of the molecule is COc1cc(CC(CO)[N+](=O)[O-])ccn1. The van der Waals surface area contributed by atoms with Gasteiger partial charge < -0.3 is 9.84 Å². The van der Waals surface area contributed by atoms with Crippen molar-refractivity contribution < 1.29 is 14.8 Å². The van der Waals surface area contributed by atoms with Crippen molar-refractivity contribution in [2.24, 2.45) is 0 Å². The van der Waals surface area contributed by atoms with Gasteiger partial charge in [0.1, 0.15) is 6.61 Å². The molecule has 0 aliphatic carbocycles. The predicted molar refractivity (Wildman–Crippen MR) is 52.4 cm³/mol. The molecule has 0 bridgehead atoms. The fourth-order valence-electron chi connectivity index (χ4n) is 1.17. The molecular formula is C9H12N2O4. The van der Waals surface area contributed by atoms with Gasteiger partial charge in [-0.25, -0.2) is 4.98 Å². The largest absolute Gasteiger partial charge is 0.481 e. The lowest BCUT2D eigenvalue weighted by molar-refractivity contribution is -0.525. The molecule has 0 aromatic carbocycles. The highest BCUT2D eigenvalue weighted by molar-refractivity contribution is 5.20. The molecule has 6 heteroatoms. The van der Waals surface area contributed by atoms with Crippen molar-refractivity contribution in [2.45, 2.75) is 12.5 Å². The Bertz CT molecular complexity index is 343. The Morgan fingerprint density at radius 3 is 3.00 bits per heavy atom. The molecule has 0 spiro atoms. The number of pyridine rings is 1. The van der Waals surface area contributed by atoms with Gasteiger partial charge in [-0.15, -0.1) is 0 Å². The number of aliphatic hydroxyl groups excluding tert-OH is 1. The first kappa shape index (κ1) is 11.4. The van der Waals surface area contributed by atoms with Gasteiger partial charge in [0.25, 0.3) is 0 Å². The van der Waals surface area contributed by atoms with Gasteiger partial charge in [0, 0.05) is 23.6 Å². The second kappa shape index (κ2) is 5.26. The minimum absolute atomic E-state index is 0.169. The number of nitrogens with zero attached hydrogens (tertiary/aromatic N) is 2. The molecule has 1 aromatic heterocycles. The summed E-state index contributed by atoms with van der Waals surface area (Å²) in [6, 6.07) is 2.30. The third kappa shape index (κ3) is 3.17. The monoisotopic (exact) mass is 212 g/mol. The molecule has 0 aliphatic rings. The number of aromatic nitrogens is 1. The molecule has 1 aromatic rings. The number of hydrogen-bond acceptors (Lipinski definition) is 5. The maximum Gasteiger partial charge on any atom is 0.239 e. The van der Waals surface area contributed by atoms with E-state index in [-0.39, 0.29) is 6.42 Å². The molecule has 6 nitrogen and oxygen atoms in total. The molecule has 15 heavy (non-hydrogen) atoms. The third-order valence-electron chi connectivity index (χ3n) is 1.99. The summed E-state index contributed by atoms with van der Waals surface area (Å²) in [5.41, 5.74) is 0.720. The first-order valence-electron chi connectivity index (χ1n) is 4.40. The van der Waals surface area contributed by atoms with Crippen molar-refractivity contribution in [3.63, 3.8) is 0 Å². The van der Waals surface area contributed by atoms with Gasteiger partial charge in [0.2, 0.25) is 11.9 Å². The summed E-state index contributed by atoms with van der Waals surface area (Å²) in [5.74, 6) is 0.410. The van der Waals surface area contributed by atoms with Crippen LogP contribution in [0.1, 0.15) is 5.56 Å². The fraction of sp³-hybridized carbons (Fsp3) is 0.444. The summed E-state index contributed by atoms with van der Waals surface area (Å²) < 4.78 is 4.89. The molecule has 1 rings (SSSR count). The number of methoxy groups -OCH3 is 1. The standard InChI is InChI=1S/C9H12N2O4/c1-15-9-5-7(2-3-10-9)4-8(6-12)11(13)14/h2-3,5,8,12H,4,6H2,1H3. The zero-order valence-corrected chi connectivity index (χ0v) is 8.29. The van der Waals surface area contributed by atoms with E-state index in [2.05, 4.69) is 4.98 Å². The smallest absolute Gasteiger partial charge is 0.239 e. The minimum Gasteiger partial charge on any atom is -0.481 e. The molecule has 0 saturated carbocycles. The van der Waals surface area contributed by atoms with E-state index < -0.39 is 17.6 Å². The number of hydrogen-bond donors (Lipinski definition) is 1. The van der Waals surface area contributed by atoms with E-state index in [4.69, 9.17) is 9.84 Å². The Morgan fingerprint density at radius 1 is 1.73 bits per heavy atom. The summed E-state index contributed by atoms with van der Waals surface area (Å²) >= 11 is 0. The van der Waals surface area contributed by atoms with Crippen LogP contribution in [-0.4, -0.2) is 34.8 Å². The molecule has 0 aliphatic heterocycles. The molecule has 1 atom stereocenters. The van der Waals surface area contributed by atoms with Crippen LogP contribution in [0.25, 0.3) is 0 Å². The number of aliphatic hydroxyl groups is 1. The highest BCUT2D eigenvalue weighted by Crippen LogP contribution is 2.11. The number of nitro groups is 1. The van der Waals surface area contributed by atoms with E-state index in [1.165, 1.54) is 13.3 Å². The van der Waals surface area contributed by atoms with E-state index in [9.17, 15) is 10.1 Å². The zero-order chi connectivity index (χ0) is 11.3. The van der Waals surface area contributed by atoms with Gasteiger partial charge in [-0.05, 0) is 11.6 Å². The van der Waals surface area contributed by atoms with Gasteiger partial charge in [0.15, 0.2) is 0 Å². The normalized spacial score (nSPS) is 12.1. The van der Waals surface area contributed by atoms with Crippen molar-refractivity contribution in [1.82, 2.24) is 4.98 Å². The molecule has 82 valence electrons. The molecule has 1 heterocycles. The third-order valence-corrected chi connectivity index (χ3v) is 1.99. The van der Waals surface area contributed by atoms with Crippen molar-refractivity contribution >= 4 is 0 Å². The van der Waals surface area contributed by atoms with E-state index in [0.717, 1.165) is 5.56 Å². The van der Waals surface area contributed by atoms with Gasteiger partial charge >= 0.3 is 0 Å². The van der Waals surface area contributed by atoms with Gasteiger partial charge in [-0.3, -0.25) is 10.1 Å². The molecule has 0 fully saturated rings. The highest BCUT2D eigenvalue weighted by atomic mass is 16.6. The van der Waals surface area contributed by atoms with Crippen LogP contribution in [0.5, 0.6) is 5.88 Å². The second-order valence-corrected chi connectivity index (χ2v) is 3.03. The van der Waals surface area contributed by atoms with Gasteiger partial charge in [-0.2, -0.15) is 0 Å². The van der Waals surface area contributed by atoms with Crippen LogP contribution in [0, 0.1) is 10.1 Å². The molecule has 1 unspecified atom stereocenters. The lowest BCUT2D eigenvalue weighted by atomic mass is 10.1. The molecule has 0 saturated heterocycles. The van der Waals surface area contributed by atoms with Gasteiger partial charge in [0.05, 0.1) is 7.11 Å². The van der Waals surface area contributed by atoms with Crippen molar-refractivity contribution in [2.75, 3.05) is 13.7 Å². The van der Waals surface area contributed by atoms with E-state index in [0.29, 0.717) is 5.88 Å². The average Bonchev–Trinajstić information content (AvgIpc) is 2.25. The summed E-state index contributed by atoms with van der Waals surface area (Å²) in [7, 11) is 1.48. The van der Waals surface area contributed by atoms with E-state index in [1.807, 2.05) is 0 Å². The molecule has 0 amide bonds. The van der Waals surface area contributed by atoms with Crippen LogP contribution < -0.4 is 4.74 Å². The van der Waals surface area contributed by atoms with Crippen molar-refractivity contribution in [1.29, 1.82) is 0 Å². The maximum absolute atomic E-state index is 10.5. The van der Waals surface area contributed by atoms with Crippen LogP contribution in [0.3, 0.4) is 0 Å². The van der Waals surface area contributed by atoms with Crippen LogP contribution in [0.4, 0.5) is 0 Å². The van der Waals surface area contributed by atoms with Crippen LogP contribution in [0.15, 0.2) is 18.3 Å². The summed E-state index contributed by atoms with van der Waals surface area (Å²) in [5, 5.41) is 19.3. The second-order valence-electron chi connectivity index (χ2n) is 3.03. The molecular weight excluding hydrogens is 200 g/mol. The Labute approximate surface area is 86.7 Å². The average molecular weight is 212 g/mol. The van der Waals surface area contributed by atoms with Crippen LogP contribution in [-0.2, 0) is 6.42 Å². The van der Waals surface area contributed by atoms with Crippen LogP contribution >= 0.6 is 0 Å². The highest BCUT2D eigenvalue weighted by Gasteiger charge is 2.19. The zero-order valence-electron chi connectivity index (χ0n) is 8.29. The topological polar surface area (TPSA) is 85.5 Å². The molecule has 0 radical (unpaired) electrons. The first-order valence-corrected chi connectivity index (χ1v) is 4.40. The Kier molecular flexibility index (Phi) is 3.99. The van der Waals surface area contributed by atoms with Gasteiger partial charge in [-0.1, -0.05) is 0 Å². The Hall–Kier alpha value is -1.69. The summed E-state index contributed by atoms with van der Waals surface area (Å²) in [6.07, 6.45) is 1.69. The van der Waals surface area contributed by atoms with Crippen LogP contribution in [0.2, 0.25) is 0 Å². The summed E-state index contributed by atoms with van der Waals surface area (Å²) in [4.78, 5) is 13.9. The Morgan fingerprint density at radius 2 is 2.47 bits per heavy atom. The summed E-state index contributed by atoms with van der Waals surface area (Å²) in [6.45, 7) is -0.475. The maximum atomic E-state index is 10.5. The minimum atomic E-state index is -0.975. The first-order chi connectivity index (χ1) is 7.17.